The number of hydrogen-bond donors (Lipinski definition) is 2. The lowest BCUT2D eigenvalue weighted by Crippen LogP contribution is -2.60. The summed E-state index contributed by atoms with van der Waals surface area (Å²) in [7, 11) is 0. The summed E-state index contributed by atoms with van der Waals surface area (Å²) < 4.78 is 3.31. The van der Waals surface area contributed by atoms with Crippen LogP contribution in [0.1, 0.15) is 62.7 Å². The van der Waals surface area contributed by atoms with Gasteiger partial charge < -0.3 is 10.4 Å². The molecule has 8 heteroatoms. The molecule has 4 aliphatic carbocycles. The number of nitriles is 1. The van der Waals surface area contributed by atoms with Crippen molar-refractivity contribution in [2.24, 2.45) is 28.6 Å². The third-order valence-corrected chi connectivity index (χ3v) is 7.97. The highest BCUT2D eigenvalue weighted by molar-refractivity contribution is 5.97. The van der Waals surface area contributed by atoms with Gasteiger partial charge in [0.05, 0.1) is 12.3 Å². The minimum Gasteiger partial charge on any atom is -0.396 e. The summed E-state index contributed by atoms with van der Waals surface area (Å²) in [4.78, 5) is 13.5. The smallest absolute Gasteiger partial charge is 0.257 e. The van der Waals surface area contributed by atoms with Gasteiger partial charge in [0.2, 0.25) is 0 Å². The first-order chi connectivity index (χ1) is 15.8. The molecule has 0 spiro atoms. The molecule has 0 aromatic carbocycles. The molecule has 174 valence electrons. The van der Waals surface area contributed by atoms with E-state index in [0.29, 0.717) is 35.6 Å². The lowest BCUT2D eigenvalue weighted by molar-refractivity contribution is -0.0969. The Hall–Kier alpha value is -2.92. The van der Waals surface area contributed by atoms with Crippen molar-refractivity contribution >= 4 is 12.1 Å². The van der Waals surface area contributed by atoms with Crippen LogP contribution in [0.15, 0.2) is 30.7 Å². The molecule has 0 aliphatic heterocycles. The first-order valence-electron chi connectivity index (χ1n) is 11.9. The monoisotopic (exact) mass is 448 g/mol. The molecule has 33 heavy (non-hydrogen) atoms. The Morgan fingerprint density at radius 3 is 2.73 bits per heavy atom. The second-order valence-corrected chi connectivity index (χ2v) is 11.0. The number of carbonyl (C=O) groups excluding carboxylic acids is 1. The molecule has 0 radical (unpaired) electrons. The zero-order valence-corrected chi connectivity index (χ0v) is 19.3. The summed E-state index contributed by atoms with van der Waals surface area (Å²) in [6, 6.07) is 4.17. The van der Waals surface area contributed by atoms with Gasteiger partial charge in [0.1, 0.15) is 5.56 Å². The van der Waals surface area contributed by atoms with Crippen molar-refractivity contribution in [1.29, 1.82) is 5.26 Å². The Labute approximate surface area is 194 Å². The van der Waals surface area contributed by atoms with E-state index >= 15 is 0 Å². The molecule has 4 fully saturated rings. The van der Waals surface area contributed by atoms with Crippen molar-refractivity contribution in [2.75, 3.05) is 6.61 Å². The summed E-state index contributed by atoms with van der Waals surface area (Å²) in [6.07, 6.45) is 14.6. The summed E-state index contributed by atoms with van der Waals surface area (Å²) in [5.74, 6) is 2.00. The highest BCUT2D eigenvalue weighted by atomic mass is 16.3. The van der Waals surface area contributed by atoms with E-state index in [1.54, 1.807) is 34.2 Å². The summed E-state index contributed by atoms with van der Waals surface area (Å²) in [5.41, 5.74) is 0.240. The number of amides is 1. The van der Waals surface area contributed by atoms with Crippen LogP contribution < -0.4 is 5.32 Å². The van der Waals surface area contributed by atoms with Crippen molar-refractivity contribution < 1.29 is 9.90 Å². The Balaban J connectivity index is 1.41. The largest absolute Gasteiger partial charge is 0.396 e. The molecule has 4 saturated carbocycles. The van der Waals surface area contributed by atoms with Crippen LogP contribution in [0.25, 0.3) is 12.0 Å². The van der Waals surface area contributed by atoms with E-state index in [9.17, 15) is 9.90 Å². The van der Waals surface area contributed by atoms with Crippen LogP contribution >= 0.6 is 0 Å². The second kappa shape index (κ2) is 8.14. The number of aliphatic hydroxyl groups is 1. The maximum atomic E-state index is 13.5. The molecule has 1 amide bonds. The topological polar surface area (TPSA) is 109 Å². The SMILES string of the molecule is CC(C)(/C=C/n1ncc(C(=O)NC2C3CC4CC2CC(CO)(C4)C3)c1-n1cccn1)CC#N. The van der Waals surface area contributed by atoms with Gasteiger partial charge in [-0.25, -0.2) is 9.36 Å². The second-order valence-electron chi connectivity index (χ2n) is 11.0. The minimum atomic E-state index is -0.312. The third-order valence-electron chi connectivity index (χ3n) is 7.97. The standard InChI is InChI=1S/C25H32N6O2/c1-24(2,4-6-26)5-9-31-23(30-8-3-7-27-30)20(15-28-31)22(33)29-21-18-10-17-11-19(21)14-25(12-17,13-18)16-32/h3,5,7-9,15,17-19,21,32H,4,10-14,16H2,1-2H3,(H,29,33)/b9-5+. The third kappa shape index (κ3) is 3.99. The lowest BCUT2D eigenvalue weighted by atomic mass is 9.48. The Kier molecular flexibility index (Phi) is 5.40. The van der Waals surface area contributed by atoms with Crippen molar-refractivity contribution in [3.8, 4) is 11.9 Å². The molecule has 4 bridgehead atoms. The van der Waals surface area contributed by atoms with Gasteiger partial charge in [-0.05, 0) is 66.8 Å². The molecule has 4 aliphatic rings. The number of hydrogen-bond acceptors (Lipinski definition) is 5. The van der Waals surface area contributed by atoms with Gasteiger partial charge in [-0.15, -0.1) is 0 Å². The van der Waals surface area contributed by atoms with Crippen LogP contribution in [0.4, 0.5) is 0 Å². The van der Waals surface area contributed by atoms with Crippen LogP contribution in [-0.4, -0.2) is 43.2 Å². The number of aromatic nitrogens is 4. The molecule has 2 N–H and O–H groups in total. The molecule has 2 atom stereocenters. The van der Waals surface area contributed by atoms with E-state index < -0.39 is 0 Å². The summed E-state index contributed by atoms with van der Waals surface area (Å²) >= 11 is 0. The van der Waals surface area contributed by atoms with Crippen LogP contribution in [0, 0.1) is 39.9 Å². The van der Waals surface area contributed by atoms with Crippen LogP contribution in [0.2, 0.25) is 0 Å². The van der Waals surface area contributed by atoms with Gasteiger partial charge in [0, 0.05) is 37.7 Å². The van der Waals surface area contributed by atoms with Gasteiger partial charge in [-0.3, -0.25) is 4.79 Å². The maximum Gasteiger partial charge on any atom is 0.257 e. The fourth-order valence-electron chi connectivity index (χ4n) is 6.63. The Morgan fingerprint density at radius 1 is 1.33 bits per heavy atom. The number of nitrogens with zero attached hydrogens (tertiary/aromatic N) is 5. The van der Waals surface area contributed by atoms with Crippen LogP contribution in [0.3, 0.4) is 0 Å². The number of nitrogens with one attached hydrogen (secondary N) is 1. The van der Waals surface area contributed by atoms with Crippen molar-refractivity contribution in [1.82, 2.24) is 24.9 Å². The molecule has 2 unspecified atom stereocenters. The zero-order valence-electron chi connectivity index (χ0n) is 19.3. The molecular formula is C25H32N6O2. The van der Waals surface area contributed by atoms with E-state index in [1.165, 1.54) is 0 Å². The molecule has 2 aromatic rings. The van der Waals surface area contributed by atoms with E-state index in [2.05, 4.69) is 21.6 Å². The Bertz CT molecular complexity index is 1080. The summed E-state index contributed by atoms with van der Waals surface area (Å²) in [5, 5.41) is 31.2. The van der Waals surface area contributed by atoms with E-state index in [0.717, 1.165) is 32.1 Å². The van der Waals surface area contributed by atoms with E-state index in [4.69, 9.17) is 5.26 Å². The van der Waals surface area contributed by atoms with Crippen LogP contribution in [-0.2, 0) is 0 Å². The fourth-order valence-corrected chi connectivity index (χ4v) is 6.63. The van der Waals surface area contributed by atoms with Gasteiger partial charge in [-0.1, -0.05) is 19.9 Å². The number of rotatable bonds is 7. The van der Waals surface area contributed by atoms with Crippen molar-refractivity contribution in [3.05, 3.63) is 36.3 Å². The minimum absolute atomic E-state index is 0.0733. The normalized spacial score (nSPS) is 30.6. The molecule has 6 rings (SSSR count). The molecule has 0 saturated heterocycles. The van der Waals surface area contributed by atoms with Gasteiger partial charge in [0.15, 0.2) is 5.82 Å². The molecular weight excluding hydrogens is 416 g/mol. The lowest BCUT2D eigenvalue weighted by Gasteiger charge is -2.59. The molecule has 8 nitrogen and oxygen atoms in total. The quantitative estimate of drug-likeness (QED) is 0.675. The predicted molar refractivity (Wildman–Crippen MR) is 123 cm³/mol. The molecule has 2 aromatic heterocycles. The average molecular weight is 449 g/mol. The first kappa shape index (κ1) is 21.9. The van der Waals surface area contributed by atoms with Gasteiger partial charge >= 0.3 is 0 Å². The highest BCUT2D eigenvalue weighted by Crippen LogP contribution is 2.59. The van der Waals surface area contributed by atoms with Crippen molar-refractivity contribution in [2.45, 2.75) is 58.4 Å². The number of allylic oxidation sites excluding steroid dienone is 1. The fraction of sp³-hybridized carbons (Fsp3) is 0.600. The van der Waals surface area contributed by atoms with E-state index in [-0.39, 0.29) is 29.4 Å². The maximum absolute atomic E-state index is 13.5. The highest BCUT2D eigenvalue weighted by Gasteiger charge is 2.55. The summed E-state index contributed by atoms with van der Waals surface area (Å²) in [6.45, 7) is 4.24. The number of carbonyl (C=O) groups is 1. The van der Waals surface area contributed by atoms with Crippen LogP contribution in [0.5, 0.6) is 0 Å². The van der Waals surface area contributed by atoms with Crippen molar-refractivity contribution in [3.63, 3.8) is 0 Å². The molecule has 2 heterocycles. The zero-order chi connectivity index (χ0) is 23.2. The van der Waals surface area contributed by atoms with Gasteiger partial charge in [-0.2, -0.15) is 15.5 Å². The number of aliphatic hydroxyl groups excluding tert-OH is 1. The van der Waals surface area contributed by atoms with E-state index in [1.807, 2.05) is 26.0 Å². The average Bonchev–Trinajstić information content (AvgIpc) is 3.44. The Morgan fingerprint density at radius 2 is 2.09 bits per heavy atom. The van der Waals surface area contributed by atoms with Gasteiger partial charge in [0.25, 0.3) is 5.91 Å². The first-order valence-corrected chi connectivity index (χ1v) is 11.9. The predicted octanol–water partition coefficient (Wildman–Crippen LogP) is 3.40.